The molecule has 0 bridgehead atoms. The predicted octanol–water partition coefficient (Wildman–Crippen LogP) is 5.22. The molecule has 0 heterocycles. The van der Waals surface area contributed by atoms with Gasteiger partial charge in [-0.05, 0) is 62.3 Å². The molecule has 0 atom stereocenters. The summed E-state index contributed by atoms with van der Waals surface area (Å²) in [5.74, 6) is 0. The van der Waals surface area contributed by atoms with Crippen molar-refractivity contribution >= 4 is 0 Å². The lowest BCUT2D eigenvalue weighted by Crippen LogP contribution is -2.75. The van der Waals surface area contributed by atoms with E-state index in [2.05, 4.69) is 92.6 Å². The van der Waals surface area contributed by atoms with E-state index in [9.17, 15) is 0 Å². The Labute approximate surface area is 132 Å². The molecule has 0 aliphatic heterocycles. The molecule has 2 nitrogen and oxygen atoms in total. The fourth-order valence-electron chi connectivity index (χ4n) is 4.59. The maximum Gasteiger partial charge on any atom is 0.106 e. The Bertz CT molecular complexity index is 393. The van der Waals surface area contributed by atoms with Crippen molar-refractivity contribution in [1.29, 1.82) is 0 Å². The van der Waals surface area contributed by atoms with Crippen LogP contribution in [0.2, 0.25) is 0 Å². The Morgan fingerprint density at radius 1 is 0.667 bits per heavy atom. The van der Waals surface area contributed by atoms with Crippen LogP contribution in [0, 0.1) is 0 Å². The third-order valence-corrected chi connectivity index (χ3v) is 4.70. The SMILES string of the molecule is CC(C)(C)[N+](Cc1ccccc1)(C(C)(C)C)C(C)(C)C.[OH-]. The normalized spacial score (nSPS) is 13.8. The first-order valence-corrected chi connectivity index (χ1v) is 7.75. The smallest absolute Gasteiger partial charge is 0.106 e. The minimum absolute atomic E-state index is 0. The first-order chi connectivity index (χ1) is 8.83. The first-order valence-electron chi connectivity index (χ1n) is 7.75. The van der Waals surface area contributed by atoms with Gasteiger partial charge in [0.05, 0.1) is 16.6 Å². The summed E-state index contributed by atoms with van der Waals surface area (Å²) in [4.78, 5) is 0. The molecule has 0 fully saturated rings. The van der Waals surface area contributed by atoms with E-state index in [0.29, 0.717) is 0 Å². The standard InChI is InChI=1S/C19H34N.H2O/c1-17(2,3)20(18(4,5)6,19(7,8)9)15-16-13-11-10-12-14-16;/h10-14H,15H2,1-9H3;1H2/q+1;/p-1. The van der Waals surface area contributed by atoms with Gasteiger partial charge in [0.1, 0.15) is 6.54 Å². The van der Waals surface area contributed by atoms with Gasteiger partial charge in [0, 0.05) is 5.56 Å². The molecule has 1 rings (SSSR count). The molecule has 0 aliphatic carbocycles. The van der Waals surface area contributed by atoms with Crippen LogP contribution in [-0.2, 0) is 6.54 Å². The molecule has 0 aromatic heterocycles. The van der Waals surface area contributed by atoms with Crippen molar-refractivity contribution < 1.29 is 9.96 Å². The van der Waals surface area contributed by atoms with Crippen molar-refractivity contribution in [3.05, 3.63) is 35.9 Å². The monoisotopic (exact) mass is 293 g/mol. The van der Waals surface area contributed by atoms with E-state index >= 15 is 0 Å². The predicted molar refractivity (Wildman–Crippen MR) is 91.6 cm³/mol. The molecule has 2 heteroatoms. The minimum atomic E-state index is 0. The van der Waals surface area contributed by atoms with Crippen molar-refractivity contribution in [2.45, 2.75) is 85.5 Å². The molecule has 1 aromatic rings. The third kappa shape index (κ3) is 3.67. The summed E-state index contributed by atoms with van der Waals surface area (Å²) in [5, 5.41) is 0. The molecule has 1 N–H and O–H groups in total. The maximum absolute atomic E-state index is 2.38. The van der Waals surface area contributed by atoms with Crippen LogP contribution in [0.15, 0.2) is 30.3 Å². The lowest BCUT2D eigenvalue weighted by Gasteiger charge is -2.64. The van der Waals surface area contributed by atoms with Gasteiger partial charge in [0.25, 0.3) is 0 Å². The molecule has 0 amide bonds. The highest BCUT2D eigenvalue weighted by Crippen LogP contribution is 2.45. The van der Waals surface area contributed by atoms with E-state index in [0.717, 1.165) is 11.0 Å². The maximum atomic E-state index is 2.38. The molecule has 122 valence electrons. The summed E-state index contributed by atoms with van der Waals surface area (Å²) in [6, 6.07) is 10.9. The van der Waals surface area contributed by atoms with E-state index < -0.39 is 0 Å². The molecular weight excluding hydrogens is 258 g/mol. The van der Waals surface area contributed by atoms with Crippen LogP contribution < -0.4 is 0 Å². The van der Waals surface area contributed by atoms with Crippen LogP contribution in [0.1, 0.15) is 67.9 Å². The van der Waals surface area contributed by atoms with Gasteiger partial charge in [-0.2, -0.15) is 0 Å². The fourth-order valence-corrected chi connectivity index (χ4v) is 4.59. The Balaban J connectivity index is 0.00000400. The molecule has 0 saturated heterocycles. The van der Waals surface area contributed by atoms with E-state index in [1.54, 1.807) is 0 Å². The molecule has 0 unspecified atom stereocenters. The molecular formula is C19H35NO. The zero-order valence-corrected chi connectivity index (χ0v) is 15.5. The first kappa shape index (κ1) is 20.1. The van der Waals surface area contributed by atoms with Crippen molar-refractivity contribution in [1.82, 2.24) is 0 Å². The van der Waals surface area contributed by atoms with Gasteiger partial charge in [-0.1, -0.05) is 30.3 Å². The molecule has 0 aliphatic rings. The molecule has 0 radical (unpaired) electrons. The summed E-state index contributed by atoms with van der Waals surface area (Å²) in [5.41, 5.74) is 1.94. The highest BCUT2D eigenvalue weighted by atomic mass is 16.0. The summed E-state index contributed by atoms with van der Waals surface area (Å²) in [6.07, 6.45) is 0. The minimum Gasteiger partial charge on any atom is -0.870 e. The van der Waals surface area contributed by atoms with Gasteiger partial charge in [-0.25, -0.2) is 0 Å². The van der Waals surface area contributed by atoms with Gasteiger partial charge in [-0.15, -0.1) is 0 Å². The van der Waals surface area contributed by atoms with Crippen molar-refractivity contribution in [3.63, 3.8) is 0 Å². The van der Waals surface area contributed by atoms with E-state index in [-0.39, 0.29) is 22.1 Å². The molecule has 1 aromatic carbocycles. The second kappa shape index (κ2) is 6.10. The summed E-state index contributed by atoms with van der Waals surface area (Å²) in [7, 11) is 0. The van der Waals surface area contributed by atoms with E-state index in [4.69, 9.17) is 0 Å². The summed E-state index contributed by atoms with van der Waals surface area (Å²) >= 11 is 0. The fraction of sp³-hybridized carbons (Fsp3) is 0.684. The van der Waals surface area contributed by atoms with Gasteiger partial charge >= 0.3 is 0 Å². The zero-order chi connectivity index (χ0) is 15.8. The van der Waals surface area contributed by atoms with Gasteiger partial charge in [-0.3, -0.25) is 0 Å². The van der Waals surface area contributed by atoms with Crippen LogP contribution in [0.4, 0.5) is 0 Å². The van der Waals surface area contributed by atoms with Crippen molar-refractivity contribution in [2.75, 3.05) is 0 Å². The highest BCUT2D eigenvalue weighted by Gasteiger charge is 2.56. The van der Waals surface area contributed by atoms with Crippen molar-refractivity contribution in [2.24, 2.45) is 0 Å². The van der Waals surface area contributed by atoms with Crippen LogP contribution >= 0.6 is 0 Å². The number of benzene rings is 1. The Morgan fingerprint density at radius 3 is 1.29 bits per heavy atom. The topological polar surface area (TPSA) is 30.0 Å². The van der Waals surface area contributed by atoms with E-state index in [1.165, 1.54) is 5.56 Å². The quantitative estimate of drug-likeness (QED) is 0.687. The molecule has 21 heavy (non-hydrogen) atoms. The van der Waals surface area contributed by atoms with Gasteiger partial charge in [0.15, 0.2) is 0 Å². The second-order valence-corrected chi connectivity index (χ2v) is 8.97. The van der Waals surface area contributed by atoms with Gasteiger partial charge in [0.2, 0.25) is 0 Å². The van der Waals surface area contributed by atoms with Crippen LogP contribution in [0.5, 0.6) is 0 Å². The second-order valence-electron chi connectivity index (χ2n) is 8.97. The zero-order valence-electron chi connectivity index (χ0n) is 15.5. The number of quaternary nitrogens is 1. The van der Waals surface area contributed by atoms with E-state index in [1.807, 2.05) is 0 Å². The average Bonchev–Trinajstić information content (AvgIpc) is 2.22. The van der Waals surface area contributed by atoms with Crippen molar-refractivity contribution in [3.8, 4) is 0 Å². The summed E-state index contributed by atoms with van der Waals surface area (Å²) in [6.45, 7) is 22.5. The number of rotatable bonds is 2. The molecule has 0 spiro atoms. The Hall–Kier alpha value is -0.860. The number of nitrogens with zero attached hydrogens (tertiary/aromatic N) is 1. The van der Waals surface area contributed by atoms with Crippen LogP contribution in [-0.4, -0.2) is 26.6 Å². The lowest BCUT2D eigenvalue weighted by atomic mass is 9.81. The number of hydrogen-bond donors (Lipinski definition) is 0. The van der Waals surface area contributed by atoms with Crippen LogP contribution in [0.3, 0.4) is 0 Å². The van der Waals surface area contributed by atoms with Crippen LogP contribution in [0.25, 0.3) is 0 Å². The third-order valence-electron chi connectivity index (χ3n) is 4.70. The Morgan fingerprint density at radius 2 is 1.00 bits per heavy atom. The molecule has 0 saturated carbocycles. The lowest BCUT2D eigenvalue weighted by molar-refractivity contribution is -1.06. The highest BCUT2D eigenvalue weighted by molar-refractivity contribution is 5.14. The largest absolute Gasteiger partial charge is 0.870 e. The number of hydrogen-bond acceptors (Lipinski definition) is 1. The van der Waals surface area contributed by atoms with Gasteiger partial charge < -0.3 is 9.96 Å². The summed E-state index contributed by atoms with van der Waals surface area (Å²) < 4.78 is 1.05. The Kier molecular flexibility index (Phi) is 5.85. The average molecular weight is 293 g/mol.